The van der Waals surface area contributed by atoms with Crippen LogP contribution in [0.15, 0.2) is 58.2 Å². The lowest BCUT2D eigenvalue weighted by Gasteiger charge is -2.14. The topological polar surface area (TPSA) is 74.3 Å². The second-order valence-corrected chi connectivity index (χ2v) is 9.02. The summed E-state index contributed by atoms with van der Waals surface area (Å²) < 4.78 is 4.12. The Hall–Kier alpha value is -2.17. The largest absolute Gasteiger partial charge is 0.297 e. The number of nitrogens with zero attached hydrogens (tertiary/aromatic N) is 7. The zero-order valence-corrected chi connectivity index (χ0v) is 16.6. The summed E-state index contributed by atoms with van der Waals surface area (Å²) in [7, 11) is 0. The highest BCUT2D eigenvalue weighted by atomic mass is 32.2. The van der Waals surface area contributed by atoms with Gasteiger partial charge in [0.05, 0.1) is 12.6 Å². The van der Waals surface area contributed by atoms with Crippen LogP contribution in [-0.4, -0.2) is 46.5 Å². The van der Waals surface area contributed by atoms with Crippen molar-refractivity contribution in [3.05, 3.63) is 52.7 Å². The molecule has 27 heavy (non-hydrogen) atoms. The van der Waals surface area contributed by atoms with E-state index in [1.807, 2.05) is 28.9 Å². The summed E-state index contributed by atoms with van der Waals surface area (Å²) >= 11 is 5.16. The highest BCUT2D eigenvalue weighted by molar-refractivity contribution is 8.00. The van der Waals surface area contributed by atoms with Crippen molar-refractivity contribution in [2.24, 2.45) is 0 Å². The van der Waals surface area contributed by atoms with Gasteiger partial charge in [0.15, 0.2) is 11.0 Å². The van der Waals surface area contributed by atoms with Crippen LogP contribution >= 0.6 is 34.9 Å². The van der Waals surface area contributed by atoms with Gasteiger partial charge in [-0.3, -0.25) is 4.57 Å². The van der Waals surface area contributed by atoms with Crippen LogP contribution in [0.25, 0.3) is 11.4 Å². The zero-order chi connectivity index (χ0) is 18.1. The van der Waals surface area contributed by atoms with Crippen molar-refractivity contribution in [1.29, 1.82) is 0 Å². The Bertz CT molecular complexity index is 1030. The molecule has 7 nitrogen and oxygen atoms in total. The van der Waals surface area contributed by atoms with E-state index in [1.165, 1.54) is 4.88 Å². The molecule has 0 unspecified atom stereocenters. The van der Waals surface area contributed by atoms with E-state index in [2.05, 4.69) is 53.9 Å². The summed E-state index contributed by atoms with van der Waals surface area (Å²) in [4.78, 5) is 1.24. The first-order valence-corrected chi connectivity index (χ1v) is 11.3. The van der Waals surface area contributed by atoms with Crippen molar-refractivity contribution in [2.75, 3.05) is 11.5 Å². The molecule has 4 heterocycles. The molecule has 0 spiro atoms. The standard InChI is InChI=1S/C17H15N7S3/c1-2-5-12(6-3-1)15-18-19-17-24(15)13(11-27-17)10-26-16-20-21-22-23(16)9-14-7-4-8-25-14/h1-8,13H,9-11H2/t13-/m1/s1. The van der Waals surface area contributed by atoms with Crippen LogP contribution < -0.4 is 0 Å². The number of thiophene rings is 1. The Morgan fingerprint density at radius 1 is 1.07 bits per heavy atom. The van der Waals surface area contributed by atoms with Crippen LogP contribution in [0.2, 0.25) is 0 Å². The number of aromatic nitrogens is 7. The van der Waals surface area contributed by atoms with E-state index < -0.39 is 0 Å². The summed E-state index contributed by atoms with van der Waals surface area (Å²) in [6, 6.07) is 14.7. The summed E-state index contributed by atoms with van der Waals surface area (Å²) in [5.74, 6) is 2.80. The molecule has 1 aliphatic heterocycles. The molecule has 0 saturated carbocycles. The first-order chi connectivity index (χ1) is 13.4. The van der Waals surface area contributed by atoms with E-state index >= 15 is 0 Å². The minimum Gasteiger partial charge on any atom is -0.297 e. The number of hydrogen-bond acceptors (Lipinski definition) is 8. The number of thioether (sulfide) groups is 2. The minimum absolute atomic E-state index is 0.312. The van der Waals surface area contributed by atoms with Crippen LogP contribution in [0.1, 0.15) is 10.9 Å². The summed E-state index contributed by atoms with van der Waals surface area (Å²) in [6.45, 7) is 0.708. The van der Waals surface area contributed by atoms with Gasteiger partial charge in [0, 0.05) is 21.9 Å². The molecule has 5 rings (SSSR count). The fraction of sp³-hybridized carbons (Fsp3) is 0.235. The minimum atomic E-state index is 0.312. The molecule has 0 fully saturated rings. The average Bonchev–Trinajstić information content (AvgIpc) is 3.48. The molecule has 0 N–H and O–H groups in total. The van der Waals surface area contributed by atoms with Gasteiger partial charge in [-0.15, -0.1) is 26.6 Å². The van der Waals surface area contributed by atoms with E-state index in [1.54, 1.807) is 34.9 Å². The summed E-state index contributed by atoms with van der Waals surface area (Å²) in [5, 5.41) is 24.9. The molecule has 0 bridgehead atoms. The number of fused-ring (bicyclic) bond motifs is 1. The van der Waals surface area contributed by atoms with Gasteiger partial charge in [-0.05, 0) is 21.9 Å². The van der Waals surface area contributed by atoms with Crippen molar-refractivity contribution in [3.63, 3.8) is 0 Å². The predicted molar refractivity (Wildman–Crippen MR) is 107 cm³/mol. The monoisotopic (exact) mass is 413 g/mol. The number of hydrogen-bond donors (Lipinski definition) is 0. The lowest BCUT2D eigenvalue weighted by Crippen LogP contribution is -2.12. The van der Waals surface area contributed by atoms with Gasteiger partial charge >= 0.3 is 0 Å². The smallest absolute Gasteiger partial charge is 0.209 e. The normalized spacial score (nSPS) is 15.9. The molecular formula is C17H15N7S3. The molecule has 1 aromatic carbocycles. The van der Waals surface area contributed by atoms with Crippen LogP contribution in [0, 0.1) is 0 Å². The SMILES string of the molecule is c1ccc(-c2nnc3n2[C@H](CSc2nnnn2Cc2cccs2)CS3)cc1. The van der Waals surface area contributed by atoms with Crippen molar-refractivity contribution >= 4 is 34.9 Å². The van der Waals surface area contributed by atoms with Crippen molar-refractivity contribution < 1.29 is 0 Å². The summed E-state index contributed by atoms with van der Waals surface area (Å²) in [6.07, 6.45) is 0. The third-order valence-electron chi connectivity index (χ3n) is 4.26. The Kier molecular flexibility index (Phi) is 4.68. The maximum absolute atomic E-state index is 4.41. The van der Waals surface area contributed by atoms with Gasteiger partial charge in [0.1, 0.15) is 0 Å². The molecule has 0 amide bonds. The third kappa shape index (κ3) is 3.40. The zero-order valence-electron chi connectivity index (χ0n) is 14.2. The predicted octanol–water partition coefficient (Wildman–Crippen LogP) is 3.48. The Morgan fingerprint density at radius 3 is 2.85 bits per heavy atom. The number of tetrazole rings is 1. The third-order valence-corrected chi connectivity index (χ3v) is 7.31. The van der Waals surface area contributed by atoms with E-state index in [4.69, 9.17) is 0 Å². The van der Waals surface area contributed by atoms with Crippen molar-refractivity contribution in [2.45, 2.75) is 22.9 Å². The van der Waals surface area contributed by atoms with Crippen LogP contribution in [0.4, 0.5) is 0 Å². The van der Waals surface area contributed by atoms with Crippen LogP contribution in [0.3, 0.4) is 0 Å². The molecule has 0 saturated heterocycles. The van der Waals surface area contributed by atoms with Crippen molar-refractivity contribution in [1.82, 2.24) is 35.0 Å². The van der Waals surface area contributed by atoms with Gasteiger partial charge in [0.2, 0.25) is 5.16 Å². The molecule has 1 atom stereocenters. The summed E-state index contributed by atoms with van der Waals surface area (Å²) in [5.41, 5.74) is 1.09. The number of benzene rings is 1. The molecular weight excluding hydrogens is 398 g/mol. The number of rotatable bonds is 6. The van der Waals surface area contributed by atoms with E-state index in [0.717, 1.165) is 33.2 Å². The molecule has 3 aromatic heterocycles. The molecule has 0 radical (unpaired) electrons. The molecule has 10 heteroatoms. The van der Waals surface area contributed by atoms with Gasteiger partial charge in [-0.2, -0.15) is 0 Å². The second kappa shape index (κ2) is 7.45. The quantitative estimate of drug-likeness (QED) is 0.448. The highest BCUT2D eigenvalue weighted by Gasteiger charge is 2.29. The fourth-order valence-corrected chi connectivity index (χ4v) is 5.85. The first kappa shape index (κ1) is 17.0. The molecule has 1 aliphatic rings. The fourth-order valence-electron chi connectivity index (χ4n) is 2.98. The Labute approximate surface area is 168 Å². The molecule has 136 valence electrons. The van der Waals surface area contributed by atoms with Gasteiger partial charge in [-0.25, -0.2) is 4.68 Å². The second-order valence-electron chi connectivity index (χ2n) is 6.02. The molecule has 0 aliphatic carbocycles. The molecule has 4 aromatic rings. The van der Waals surface area contributed by atoms with E-state index in [-0.39, 0.29) is 0 Å². The maximum atomic E-state index is 4.41. The lowest BCUT2D eigenvalue weighted by atomic mass is 10.2. The first-order valence-electron chi connectivity index (χ1n) is 8.43. The van der Waals surface area contributed by atoms with E-state index in [9.17, 15) is 0 Å². The van der Waals surface area contributed by atoms with Gasteiger partial charge < -0.3 is 0 Å². The van der Waals surface area contributed by atoms with Gasteiger partial charge in [0.25, 0.3) is 0 Å². The van der Waals surface area contributed by atoms with E-state index in [0.29, 0.717) is 12.6 Å². The van der Waals surface area contributed by atoms with Crippen LogP contribution in [0.5, 0.6) is 0 Å². The Balaban J connectivity index is 1.33. The average molecular weight is 414 g/mol. The Morgan fingerprint density at radius 2 is 2.00 bits per heavy atom. The maximum Gasteiger partial charge on any atom is 0.209 e. The van der Waals surface area contributed by atoms with Crippen molar-refractivity contribution in [3.8, 4) is 11.4 Å². The highest BCUT2D eigenvalue weighted by Crippen LogP contribution is 2.38. The van der Waals surface area contributed by atoms with Gasteiger partial charge in [-0.1, -0.05) is 59.9 Å². The van der Waals surface area contributed by atoms with Crippen LogP contribution in [-0.2, 0) is 6.54 Å². The lowest BCUT2D eigenvalue weighted by molar-refractivity contribution is 0.589.